The number of nitrogens with one attached hydrogen (secondary N) is 1. The van der Waals surface area contributed by atoms with Crippen LogP contribution in [-0.4, -0.2) is 29.7 Å². The van der Waals surface area contributed by atoms with Crippen LogP contribution in [0, 0.1) is 0 Å². The lowest BCUT2D eigenvalue weighted by molar-refractivity contribution is 0.194. The molecular weight excluding hydrogens is 450 g/mol. The highest BCUT2D eigenvalue weighted by Crippen LogP contribution is 2.38. The summed E-state index contributed by atoms with van der Waals surface area (Å²) in [6.45, 7) is 0.416. The molecule has 2 heterocycles. The van der Waals surface area contributed by atoms with Crippen LogP contribution in [0.25, 0.3) is 5.69 Å². The van der Waals surface area contributed by atoms with Crippen LogP contribution in [0.1, 0.15) is 22.9 Å². The van der Waals surface area contributed by atoms with Crippen LogP contribution in [0.15, 0.2) is 85.1 Å². The van der Waals surface area contributed by atoms with Gasteiger partial charge in [0, 0.05) is 23.0 Å². The normalized spacial score (nSPS) is 14.6. The van der Waals surface area contributed by atoms with Crippen molar-refractivity contribution in [1.82, 2.24) is 9.47 Å². The number of halogens is 1. The van der Waals surface area contributed by atoms with Gasteiger partial charge in [-0.15, -0.1) is 0 Å². The monoisotopic (exact) mass is 473 g/mol. The Kier molecular flexibility index (Phi) is 5.90. The van der Waals surface area contributed by atoms with Gasteiger partial charge in [-0.25, -0.2) is 4.79 Å². The van der Waals surface area contributed by atoms with Crippen molar-refractivity contribution in [2.75, 3.05) is 19.5 Å². The van der Waals surface area contributed by atoms with Gasteiger partial charge < -0.3 is 24.3 Å². The minimum absolute atomic E-state index is 0.252. The van der Waals surface area contributed by atoms with Gasteiger partial charge in [0.1, 0.15) is 11.5 Å². The highest BCUT2D eigenvalue weighted by Gasteiger charge is 2.33. The number of nitrogens with zero attached hydrogens (tertiary/aromatic N) is 2. The molecule has 0 saturated carbocycles. The van der Waals surface area contributed by atoms with Crippen LogP contribution in [0.3, 0.4) is 0 Å². The molecular formula is C27H24ClN3O3. The molecule has 0 aliphatic carbocycles. The maximum Gasteiger partial charge on any atom is 0.323 e. The summed E-state index contributed by atoms with van der Waals surface area (Å²) in [6.07, 6.45) is 2.03. The first-order valence-electron chi connectivity index (χ1n) is 10.9. The number of aromatic nitrogens is 1. The van der Waals surface area contributed by atoms with Gasteiger partial charge in [-0.1, -0.05) is 41.9 Å². The largest absolute Gasteiger partial charge is 0.497 e. The quantitative estimate of drug-likeness (QED) is 0.379. The Morgan fingerprint density at radius 3 is 2.62 bits per heavy atom. The lowest BCUT2D eigenvalue weighted by atomic mass is 10.0. The number of hydrogen-bond acceptors (Lipinski definition) is 3. The predicted molar refractivity (Wildman–Crippen MR) is 133 cm³/mol. The molecule has 1 aliphatic heterocycles. The maximum atomic E-state index is 13.8. The van der Waals surface area contributed by atoms with Crippen LogP contribution in [0.2, 0.25) is 5.02 Å². The van der Waals surface area contributed by atoms with Crippen molar-refractivity contribution >= 4 is 23.3 Å². The fourth-order valence-corrected chi connectivity index (χ4v) is 4.65. The van der Waals surface area contributed by atoms with Gasteiger partial charge in [-0.2, -0.15) is 0 Å². The topological polar surface area (TPSA) is 55.7 Å². The summed E-state index contributed by atoms with van der Waals surface area (Å²) in [5.74, 6) is 1.17. The molecule has 34 heavy (non-hydrogen) atoms. The highest BCUT2D eigenvalue weighted by atomic mass is 35.5. The average Bonchev–Trinajstić information content (AvgIpc) is 3.28. The number of urea groups is 1. The predicted octanol–water partition coefficient (Wildman–Crippen LogP) is 6.29. The molecule has 5 rings (SSSR count). The Bertz CT molecular complexity index is 1350. The third-order valence-corrected chi connectivity index (χ3v) is 6.27. The Hall–Kier alpha value is -3.90. The minimum atomic E-state index is -0.356. The van der Waals surface area contributed by atoms with Gasteiger partial charge in [0.25, 0.3) is 0 Å². The molecule has 172 valence electrons. The molecule has 2 amide bonds. The van der Waals surface area contributed by atoms with Crippen molar-refractivity contribution in [1.29, 1.82) is 0 Å². The van der Waals surface area contributed by atoms with Gasteiger partial charge in [0.05, 0.1) is 38.2 Å². The van der Waals surface area contributed by atoms with Crippen molar-refractivity contribution in [3.8, 4) is 17.2 Å². The Morgan fingerprint density at radius 2 is 1.82 bits per heavy atom. The van der Waals surface area contributed by atoms with Crippen molar-refractivity contribution in [3.63, 3.8) is 0 Å². The second-order valence-electron chi connectivity index (χ2n) is 8.01. The van der Waals surface area contributed by atoms with E-state index < -0.39 is 0 Å². The zero-order valence-electron chi connectivity index (χ0n) is 18.9. The van der Waals surface area contributed by atoms with Crippen LogP contribution >= 0.6 is 11.6 Å². The molecule has 0 fully saturated rings. The lowest BCUT2D eigenvalue weighted by Crippen LogP contribution is -2.38. The molecule has 0 saturated heterocycles. The number of para-hydroxylation sites is 1. The van der Waals surface area contributed by atoms with E-state index in [-0.39, 0.29) is 12.1 Å². The Morgan fingerprint density at radius 1 is 0.971 bits per heavy atom. The molecule has 7 heteroatoms. The molecule has 0 radical (unpaired) electrons. The van der Waals surface area contributed by atoms with Crippen LogP contribution in [-0.2, 0) is 6.54 Å². The third kappa shape index (κ3) is 3.97. The van der Waals surface area contributed by atoms with Crippen molar-refractivity contribution < 1.29 is 14.3 Å². The van der Waals surface area contributed by atoms with Gasteiger partial charge in [-0.3, -0.25) is 0 Å². The zero-order chi connectivity index (χ0) is 23.7. The number of amides is 2. The number of anilines is 1. The van der Waals surface area contributed by atoms with E-state index in [9.17, 15) is 4.79 Å². The van der Waals surface area contributed by atoms with E-state index >= 15 is 0 Å². The van der Waals surface area contributed by atoms with Crippen LogP contribution in [0.4, 0.5) is 10.5 Å². The number of rotatable bonds is 4. The molecule has 6 nitrogen and oxygen atoms in total. The molecule has 0 bridgehead atoms. The molecule has 0 unspecified atom stereocenters. The van der Waals surface area contributed by atoms with E-state index in [0.29, 0.717) is 28.8 Å². The van der Waals surface area contributed by atoms with E-state index in [0.717, 1.165) is 22.5 Å². The Labute approximate surface area is 203 Å². The third-order valence-electron chi connectivity index (χ3n) is 6.04. The Balaban J connectivity index is 1.61. The van der Waals surface area contributed by atoms with Gasteiger partial charge in [-0.05, 0) is 53.6 Å². The highest BCUT2D eigenvalue weighted by molar-refractivity contribution is 6.30. The second-order valence-corrected chi connectivity index (χ2v) is 8.45. The molecule has 4 aromatic rings. The van der Waals surface area contributed by atoms with E-state index in [1.54, 1.807) is 32.4 Å². The number of fused-ring (bicyclic) bond motifs is 3. The summed E-state index contributed by atoms with van der Waals surface area (Å²) < 4.78 is 12.9. The lowest BCUT2D eigenvalue weighted by Gasteiger charge is -2.31. The summed E-state index contributed by atoms with van der Waals surface area (Å²) in [5.41, 5.74) is 4.56. The number of benzene rings is 3. The standard InChI is InChI=1S/C27H24ClN3O3/c1-33-21-12-13-22(25(16-21)34-2)29-27(32)31-17-19-7-3-4-10-23(19)30-14-6-11-24(30)26(31)18-8-5-9-20(28)15-18/h3-16,26H,17H2,1-2H3,(H,29,32)/t26-/m1/s1. The van der Waals surface area contributed by atoms with Gasteiger partial charge in [0.2, 0.25) is 0 Å². The van der Waals surface area contributed by atoms with Gasteiger partial charge >= 0.3 is 6.03 Å². The fraction of sp³-hybridized carbons (Fsp3) is 0.148. The number of carbonyl (C=O) groups is 1. The number of carbonyl (C=O) groups excluding carboxylic acids is 1. The minimum Gasteiger partial charge on any atom is -0.497 e. The first kappa shape index (κ1) is 21.9. The van der Waals surface area contributed by atoms with E-state index in [1.807, 2.05) is 65.7 Å². The number of ether oxygens (including phenoxy) is 2. The summed E-state index contributed by atoms with van der Waals surface area (Å²) in [5, 5.41) is 3.66. The number of methoxy groups -OCH3 is 2. The van der Waals surface area contributed by atoms with E-state index in [1.165, 1.54) is 0 Å². The van der Waals surface area contributed by atoms with Crippen LogP contribution < -0.4 is 14.8 Å². The van der Waals surface area contributed by atoms with E-state index in [2.05, 4.69) is 16.0 Å². The van der Waals surface area contributed by atoms with Crippen molar-refractivity contribution in [2.24, 2.45) is 0 Å². The molecule has 3 aromatic carbocycles. The molecule has 0 spiro atoms. The zero-order valence-corrected chi connectivity index (χ0v) is 19.6. The SMILES string of the molecule is COc1ccc(NC(=O)N2Cc3ccccc3-n3cccc3[C@H]2c2cccc(Cl)c2)c(OC)c1. The summed E-state index contributed by atoms with van der Waals surface area (Å²) >= 11 is 6.37. The van der Waals surface area contributed by atoms with Crippen molar-refractivity contribution in [2.45, 2.75) is 12.6 Å². The molecule has 1 aromatic heterocycles. The summed E-state index contributed by atoms with van der Waals surface area (Å²) in [4.78, 5) is 15.7. The molecule has 1 aliphatic rings. The first-order valence-corrected chi connectivity index (χ1v) is 11.3. The van der Waals surface area contributed by atoms with Crippen LogP contribution in [0.5, 0.6) is 11.5 Å². The number of hydrogen-bond donors (Lipinski definition) is 1. The van der Waals surface area contributed by atoms with E-state index in [4.69, 9.17) is 21.1 Å². The second kappa shape index (κ2) is 9.15. The molecule has 1 atom stereocenters. The summed E-state index contributed by atoms with van der Waals surface area (Å²) in [6, 6.07) is 24.5. The smallest absolute Gasteiger partial charge is 0.323 e. The average molecular weight is 474 g/mol. The maximum absolute atomic E-state index is 13.8. The molecule has 1 N–H and O–H groups in total. The van der Waals surface area contributed by atoms with Crippen molar-refractivity contribution in [3.05, 3.63) is 107 Å². The fourth-order valence-electron chi connectivity index (χ4n) is 4.46. The van der Waals surface area contributed by atoms with Gasteiger partial charge in [0.15, 0.2) is 0 Å². The summed E-state index contributed by atoms with van der Waals surface area (Å²) in [7, 11) is 3.15. The first-order chi connectivity index (χ1) is 16.6.